The van der Waals surface area contributed by atoms with E-state index in [-0.39, 0.29) is 29.1 Å². The zero-order valence-electron chi connectivity index (χ0n) is 16.6. The summed E-state index contributed by atoms with van der Waals surface area (Å²) in [5, 5.41) is 11.0. The van der Waals surface area contributed by atoms with Crippen molar-refractivity contribution in [3.8, 4) is 5.75 Å². The van der Waals surface area contributed by atoms with Crippen LogP contribution in [0.1, 0.15) is 38.9 Å². The van der Waals surface area contributed by atoms with E-state index in [1.807, 2.05) is 91.0 Å². The highest BCUT2D eigenvalue weighted by Crippen LogP contribution is 2.44. The van der Waals surface area contributed by atoms with Crippen LogP contribution in [0, 0.1) is 0 Å². The third kappa shape index (κ3) is 3.20. The SMILES string of the molecule is O=C1c2c(oc(=O)c(Cc3ccccc3)c2O)C(c2ccccc2)N1c1ccccc1. The number of anilines is 1. The van der Waals surface area contributed by atoms with E-state index in [1.54, 1.807) is 4.90 Å². The lowest BCUT2D eigenvalue weighted by atomic mass is 10.0. The number of amides is 1. The minimum absolute atomic E-state index is 0.0447. The maximum absolute atomic E-state index is 13.5. The van der Waals surface area contributed by atoms with Gasteiger partial charge in [-0.1, -0.05) is 78.9 Å². The molecule has 0 fully saturated rings. The minimum Gasteiger partial charge on any atom is -0.506 e. The van der Waals surface area contributed by atoms with E-state index in [9.17, 15) is 14.7 Å². The minimum atomic E-state index is -0.643. The van der Waals surface area contributed by atoms with E-state index in [0.717, 1.165) is 11.1 Å². The van der Waals surface area contributed by atoms with Gasteiger partial charge in [0, 0.05) is 12.1 Å². The van der Waals surface area contributed by atoms with Crippen LogP contribution in [0.4, 0.5) is 5.69 Å². The van der Waals surface area contributed by atoms with Crippen LogP contribution in [0.3, 0.4) is 0 Å². The lowest BCUT2D eigenvalue weighted by Gasteiger charge is -2.24. The first kappa shape index (κ1) is 18.9. The first-order valence-corrected chi connectivity index (χ1v) is 10.0. The number of carbonyl (C=O) groups is 1. The van der Waals surface area contributed by atoms with Gasteiger partial charge in [0.2, 0.25) is 0 Å². The van der Waals surface area contributed by atoms with Crippen molar-refractivity contribution >= 4 is 11.6 Å². The monoisotopic (exact) mass is 409 g/mol. The lowest BCUT2D eigenvalue weighted by molar-refractivity contribution is 0.0991. The molecule has 0 radical (unpaired) electrons. The maximum Gasteiger partial charge on any atom is 0.343 e. The molecule has 0 bridgehead atoms. The molecule has 1 N–H and O–H groups in total. The van der Waals surface area contributed by atoms with E-state index in [0.29, 0.717) is 5.69 Å². The molecular formula is C26H19NO4. The van der Waals surface area contributed by atoms with Crippen molar-refractivity contribution in [2.45, 2.75) is 12.5 Å². The third-order valence-electron chi connectivity index (χ3n) is 5.53. The molecule has 0 spiro atoms. The molecule has 1 amide bonds. The highest BCUT2D eigenvalue weighted by molar-refractivity contribution is 6.12. The van der Waals surface area contributed by atoms with Crippen molar-refractivity contribution in [2.75, 3.05) is 4.90 Å². The summed E-state index contributed by atoms with van der Waals surface area (Å²) in [5.41, 5.74) is 1.78. The van der Waals surface area contributed by atoms with Crippen LogP contribution in [0.25, 0.3) is 0 Å². The van der Waals surface area contributed by atoms with Gasteiger partial charge in [-0.3, -0.25) is 9.69 Å². The van der Waals surface area contributed by atoms with Crippen LogP contribution in [-0.4, -0.2) is 11.0 Å². The summed E-state index contributed by atoms with van der Waals surface area (Å²) in [7, 11) is 0. The Bertz CT molecular complexity index is 1300. The largest absolute Gasteiger partial charge is 0.506 e. The van der Waals surface area contributed by atoms with Crippen LogP contribution in [0.5, 0.6) is 5.75 Å². The second-order valence-electron chi connectivity index (χ2n) is 7.44. The molecule has 0 saturated carbocycles. The molecule has 1 aliphatic rings. The van der Waals surface area contributed by atoms with Crippen molar-refractivity contribution < 1.29 is 14.3 Å². The van der Waals surface area contributed by atoms with Gasteiger partial charge >= 0.3 is 5.63 Å². The summed E-state index contributed by atoms with van der Waals surface area (Å²) in [6.45, 7) is 0. The average molecular weight is 409 g/mol. The fourth-order valence-corrected chi connectivity index (χ4v) is 4.08. The van der Waals surface area contributed by atoms with Gasteiger partial charge in [0.1, 0.15) is 17.4 Å². The van der Waals surface area contributed by atoms with E-state index < -0.39 is 17.6 Å². The van der Waals surface area contributed by atoms with Gasteiger partial charge in [-0.15, -0.1) is 0 Å². The molecular weight excluding hydrogens is 390 g/mol. The predicted molar refractivity (Wildman–Crippen MR) is 117 cm³/mol. The Hall–Kier alpha value is -4.12. The number of hydrogen-bond acceptors (Lipinski definition) is 4. The summed E-state index contributed by atoms with van der Waals surface area (Å²) in [6.07, 6.45) is 0.177. The highest BCUT2D eigenvalue weighted by atomic mass is 16.4. The number of para-hydroxylation sites is 1. The van der Waals surface area contributed by atoms with Crippen molar-refractivity contribution in [2.24, 2.45) is 0 Å². The van der Waals surface area contributed by atoms with Crippen molar-refractivity contribution in [1.82, 2.24) is 0 Å². The summed E-state index contributed by atoms with van der Waals surface area (Å²) in [5.74, 6) is -0.538. The van der Waals surface area contributed by atoms with Gasteiger partial charge in [0.15, 0.2) is 5.76 Å². The molecule has 4 aromatic rings. The first-order chi connectivity index (χ1) is 15.1. The highest BCUT2D eigenvalue weighted by Gasteiger charge is 2.44. The van der Waals surface area contributed by atoms with Gasteiger partial charge in [-0.05, 0) is 23.3 Å². The fraction of sp³-hybridized carbons (Fsp3) is 0.0769. The van der Waals surface area contributed by atoms with Crippen molar-refractivity contribution in [3.05, 3.63) is 129 Å². The van der Waals surface area contributed by atoms with E-state index in [2.05, 4.69) is 0 Å². The first-order valence-electron chi connectivity index (χ1n) is 10.0. The number of nitrogens with zero attached hydrogens (tertiary/aromatic N) is 1. The van der Waals surface area contributed by atoms with Crippen LogP contribution >= 0.6 is 0 Å². The molecule has 31 heavy (non-hydrogen) atoms. The normalized spacial score (nSPS) is 15.2. The second kappa shape index (κ2) is 7.61. The Morgan fingerprint density at radius 1 is 0.806 bits per heavy atom. The standard InChI is InChI=1S/C26H19NO4/c28-23-20(16-17-10-4-1-5-11-17)26(30)31-24-21(23)25(29)27(19-14-8-3-9-15-19)22(24)18-12-6-2-7-13-18/h1-15,22,28H,16H2. The second-order valence-corrected chi connectivity index (χ2v) is 7.44. The van der Waals surface area contributed by atoms with Crippen molar-refractivity contribution in [1.29, 1.82) is 0 Å². The Labute approximate surface area is 178 Å². The molecule has 0 aliphatic carbocycles. The Morgan fingerprint density at radius 3 is 2.03 bits per heavy atom. The summed E-state index contributed by atoms with van der Waals surface area (Å²) in [6, 6.07) is 27.2. The van der Waals surface area contributed by atoms with Crippen molar-refractivity contribution in [3.63, 3.8) is 0 Å². The van der Waals surface area contributed by atoms with Crippen LogP contribution in [-0.2, 0) is 6.42 Å². The Kier molecular flexibility index (Phi) is 4.64. The third-order valence-corrected chi connectivity index (χ3v) is 5.53. The predicted octanol–water partition coefficient (Wildman–Crippen LogP) is 4.69. The molecule has 5 rings (SSSR count). The maximum atomic E-state index is 13.5. The molecule has 0 saturated heterocycles. The summed E-state index contributed by atoms with van der Waals surface area (Å²) >= 11 is 0. The molecule has 3 aromatic carbocycles. The van der Waals surface area contributed by atoms with Gasteiger partial charge < -0.3 is 9.52 Å². The average Bonchev–Trinajstić information content (AvgIpc) is 3.10. The van der Waals surface area contributed by atoms with Crippen LogP contribution in [0.15, 0.2) is 100 Å². The molecule has 1 aromatic heterocycles. The molecule has 152 valence electrons. The van der Waals surface area contributed by atoms with E-state index in [1.165, 1.54) is 0 Å². The fourth-order valence-electron chi connectivity index (χ4n) is 4.08. The molecule has 1 unspecified atom stereocenters. The smallest absolute Gasteiger partial charge is 0.343 e. The molecule has 2 heterocycles. The van der Waals surface area contributed by atoms with Gasteiger partial charge in [-0.2, -0.15) is 0 Å². The zero-order valence-corrected chi connectivity index (χ0v) is 16.6. The zero-order chi connectivity index (χ0) is 21.4. The van der Waals surface area contributed by atoms with E-state index >= 15 is 0 Å². The Balaban J connectivity index is 1.70. The molecule has 5 heteroatoms. The molecule has 1 aliphatic heterocycles. The van der Waals surface area contributed by atoms with Crippen LogP contribution < -0.4 is 10.5 Å². The number of hydrogen-bond donors (Lipinski definition) is 1. The van der Waals surface area contributed by atoms with Crippen LogP contribution in [0.2, 0.25) is 0 Å². The number of rotatable bonds is 4. The van der Waals surface area contributed by atoms with Gasteiger partial charge in [0.05, 0.1) is 5.56 Å². The van der Waals surface area contributed by atoms with Gasteiger partial charge in [-0.25, -0.2) is 4.79 Å². The topological polar surface area (TPSA) is 70.8 Å². The Morgan fingerprint density at radius 2 is 1.39 bits per heavy atom. The lowest BCUT2D eigenvalue weighted by Crippen LogP contribution is -2.28. The molecule has 5 nitrogen and oxygen atoms in total. The summed E-state index contributed by atoms with van der Waals surface area (Å²) in [4.78, 5) is 28.0. The number of fused-ring (bicyclic) bond motifs is 1. The molecule has 1 atom stereocenters. The van der Waals surface area contributed by atoms with E-state index in [4.69, 9.17) is 4.42 Å². The van der Waals surface area contributed by atoms with Gasteiger partial charge in [0.25, 0.3) is 5.91 Å². The number of aromatic hydroxyl groups is 1. The summed E-state index contributed by atoms with van der Waals surface area (Å²) < 4.78 is 5.72. The number of benzene rings is 3. The quantitative estimate of drug-likeness (QED) is 0.531. The number of carbonyl (C=O) groups excluding carboxylic acids is 1.